The Labute approximate surface area is 235 Å². The van der Waals surface area contributed by atoms with Crippen molar-refractivity contribution in [3.8, 4) is 34.0 Å². The van der Waals surface area contributed by atoms with Crippen LogP contribution >= 0.6 is 0 Å². The highest BCUT2D eigenvalue weighted by atomic mass is 16.4. The van der Waals surface area contributed by atoms with Crippen molar-refractivity contribution in [3.63, 3.8) is 0 Å². The summed E-state index contributed by atoms with van der Waals surface area (Å²) in [5.41, 5.74) is 8.80. The van der Waals surface area contributed by atoms with E-state index in [0.29, 0.717) is 5.89 Å². The van der Waals surface area contributed by atoms with Crippen LogP contribution in [0.1, 0.15) is 0 Å². The molecule has 2 heterocycles. The molecule has 0 saturated carbocycles. The van der Waals surface area contributed by atoms with Crippen LogP contribution in [0.2, 0.25) is 0 Å². The van der Waals surface area contributed by atoms with Gasteiger partial charge in [0.25, 0.3) is 0 Å². The lowest BCUT2D eigenvalue weighted by Gasteiger charge is -2.26. The summed E-state index contributed by atoms with van der Waals surface area (Å²) in [5, 5.41) is 4.52. The summed E-state index contributed by atoms with van der Waals surface area (Å²) >= 11 is 0. The smallest absolute Gasteiger partial charge is 0.227 e. The zero-order valence-electron chi connectivity index (χ0n) is 21.9. The van der Waals surface area contributed by atoms with Crippen LogP contribution in [0.5, 0.6) is 0 Å². The highest BCUT2D eigenvalue weighted by Crippen LogP contribution is 2.51. The summed E-state index contributed by atoms with van der Waals surface area (Å²) in [5.74, 6) is 1.45. The topological polar surface area (TPSA) is 42.4 Å². The molecule has 192 valence electrons. The van der Waals surface area contributed by atoms with Gasteiger partial charge in [-0.05, 0) is 53.9 Å². The van der Waals surface area contributed by atoms with E-state index in [4.69, 9.17) is 13.8 Å². The van der Waals surface area contributed by atoms with Crippen molar-refractivity contribution < 1.29 is 8.83 Å². The number of anilines is 3. The van der Waals surface area contributed by atoms with Crippen LogP contribution in [0.15, 0.2) is 142 Å². The number of benzene rings is 6. The third kappa shape index (κ3) is 3.25. The van der Waals surface area contributed by atoms with Gasteiger partial charge >= 0.3 is 0 Å². The number of hydrogen-bond acceptors (Lipinski definition) is 4. The standard InChI is InChI=1S/C37H22N2O2/c1-3-11-23(12-4-1)37-38-34-29-18-9-13-24-21-26(22-30(33(24)29)36(34)41-37)39(25-14-5-2-6-15-25)31-19-10-17-28-27-16-7-8-20-32(27)40-35(28)31/h1-22H. The first-order valence-electron chi connectivity index (χ1n) is 13.7. The fourth-order valence-corrected chi connectivity index (χ4v) is 6.22. The highest BCUT2D eigenvalue weighted by molar-refractivity contribution is 6.16. The Kier molecular flexibility index (Phi) is 4.58. The van der Waals surface area contributed by atoms with Gasteiger partial charge in [-0.3, -0.25) is 0 Å². The average molecular weight is 527 g/mol. The van der Waals surface area contributed by atoms with Crippen LogP contribution in [-0.2, 0) is 0 Å². The molecule has 0 aliphatic heterocycles. The molecule has 6 aromatic carbocycles. The van der Waals surface area contributed by atoms with E-state index in [2.05, 4.69) is 89.8 Å². The molecule has 9 rings (SSSR count). The number of para-hydroxylation sites is 3. The van der Waals surface area contributed by atoms with E-state index in [0.717, 1.165) is 72.5 Å². The summed E-state index contributed by atoms with van der Waals surface area (Å²) in [4.78, 5) is 7.24. The Hall–Kier alpha value is -5.61. The minimum Gasteiger partial charge on any atom is -0.454 e. The molecule has 41 heavy (non-hydrogen) atoms. The first kappa shape index (κ1) is 22.2. The SMILES string of the molecule is c1ccc(-c2nc3c(o2)-c2cc(N(c4ccccc4)c4cccc5c4oc4ccccc45)cc4cccc-3c24)cc1. The molecule has 1 aliphatic rings. The second-order valence-corrected chi connectivity index (χ2v) is 10.4. The Morgan fingerprint density at radius 1 is 0.561 bits per heavy atom. The van der Waals surface area contributed by atoms with Crippen LogP contribution in [0.4, 0.5) is 17.1 Å². The average Bonchev–Trinajstić information content (AvgIpc) is 3.72. The van der Waals surface area contributed by atoms with E-state index >= 15 is 0 Å². The van der Waals surface area contributed by atoms with Gasteiger partial charge in [-0.25, -0.2) is 4.98 Å². The summed E-state index contributed by atoms with van der Waals surface area (Å²) in [7, 11) is 0. The van der Waals surface area contributed by atoms with Crippen molar-refractivity contribution in [3.05, 3.63) is 133 Å². The van der Waals surface area contributed by atoms with Gasteiger partial charge in [-0.1, -0.05) is 84.9 Å². The molecule has 0 fully saturated rings. The van der Waals surface area contributed by atoms with Crippen molar-refractivity contribution >= 4 is 49.8 Å². The van der Waals surface area contributed by atoms with Crippen molar-refractivity contribution in [1.29, 1.82) is 0 Å². The number of nitrogens with zero attached hydrogens (tertiary/aromatic N) is 2. The van der Waals surface area contributed by atoms with Gasteiger partial charge in [-0.15, -0.1) is 0 Å². The molecule has 2 aromatic heterocycles. The largest absolute Gasteiger partial charge is 0.454 e. The van der Waals surface area contributed by atoms with E-state index in [1.54, 1.807) is 0 Å². The molecule has 0 radical (unpaired) electrons. The number of furan rings is 1. The fraction of sp³-hybridized carbons (Fsp3) is 0. The van der Waals surface area contributed by atoms with Crippen LogP contribution < -0.4 is 4.90 Å². The first-order chi connectivity index (χ1) is 20.3. The van der Waals surface area contributed by atoms with Crippen LogP contribution in [0, 0.1) is 0 Å². The Bertz CT molecular complexity index is 2260. The molecular weight excluding hydrogens is 504 g/mol. The summed E-state index contributed by atoms with van der Waals surface area (Å²) in [6.07, 6.45) is 0. The third-order valence-electron chi connectivity index (χ3n) is 8.01. The van der Waals surface area contributed by atoms with Crippen molar-refractivity contribution in [2.75, 3.05) is 4.90 Å². The minimum atomic E-state index is 0.635. The molecule has 0 amide bonds. The number of rotatable bonds is 4. The molecule has 1 aliphatic carbocycles. The first-order valence-corrected chi connectivity index (χ1v) is 13.7. The Morgan fingerprint density at radius 2 is 1.32 bits per heavy atom. The number of aromatic nitrogens is 1. The molecule has 0 N–H and O–H groups in total. The number of oxazole rings is 1. The lowest BCUT2D eigenvalue weighted by molar-refractivity contribution is 0.590. The van der Waals surface area contributed by atoms with E-state index in [9.17, 15) is 0 Å². The van der Waals surface area contributed by atoms with Crippen molar-refractivity contribution in [1.82, 2.24) is 4.98 Å². The van der Waals surface area contributed by atoms with E-state index in [1.807, 2.05) is 48.5 Å². The van der Waals surface area contributed by atoms with Crippen molar-refractivity contribution in [2.24, 2.45) is 0 Å². The molecule has 0 unspecified atom stereocenters. The fourth-order valence-electron chi connectivity index (χ4n) is 6.22. The van der Waals surface area contributed by atoms with Crippen LogP contribution in [-0.4, -0.2) is 4.98 Å². The van der Waals surface area contributed by atoms with Crippen molar-refractivity contribution in [2.45, 2.75) is 0 Å². The van der Waals surface area contributed by atoms with Gasteiger partial charge in [0.1, 0.15) is 11.3 Å². The zero-order valence-corrected chi connectivity index (χ0v) is 21.9. The maximum absolute atomic E-state index is 6.50. The van der Waals surface area contributed by atoms with Crippen LogP contribution in [0.3, 0.4) is 0 Å². The molecule has 4 heteroatoms. The van der Waals surface area contributed by atoms with Gasteiger partial charge in [0, 0.05) is 44.2 Å². The normalized spacial score (nSPS) is 11.9. The number of fused-ring (bicyclic) bond motifs is 6. The van der Waals surface area contributed by atoms with E-state index in [1.165, 1.54) is 5.39 Å². The Balaban J connectivity index is 1.31. The third-order valence-corrected chi connectivity index (χ3v) is 8.01. The second kappa shape index (κ2) is 8.44. The van der Waals surface area contributed by atoms with Gasteiger partial charge in [0.2, 0.25) is 5.89 Å². The molecular formula is C37H22N2O2. The predicted octanol–water partition coefficient (Wildman–Crippen LogP) is 10.5. The molecule has 4 nitrogen and oxygen atoms in total. The summed E-state index contributed by atoms with van der Waals surface area (Å²) in [6, 6.07) is 46.0. The van der Waals surface area contributed by atoms with E-state index in [-0.39, 0.29) is 0 Å². The second-order valence-electron chi connectivity index (χ2n) is 10.4. The maximum Gasteiger partial charge on any atom is 0.227 e. The molecule has 0 atom stereocenters. The maximum atomic E-state index is 6.50. The van der Waals surface area contributed by atoms with Gasteiger partial charge in [0.15, 0.2) is 11.3 Å². The van der Waals surface area contributed by atoms with Gasteiger partial charge in [-0.2, -0.15) is 0 Å². The highest BCUT2D eigenvalue weighted by Gasteiger charge is 2.30. The molecule has 0 spiro atoms. The number of hydrogen-bond donors (Lipinski definition) is 0. The lowest BCUT2D eigenvalue weighted by atomic mass is 10.0. The Morgan fingerprint density at radius 3 is 2.20 bits per heavy atom. The van der Waals surface area contributed by atoms with Crippen LogP contribution in [0.25, 0.3) is 66.7 Å². The van der Waals surface area contributed by atoms with Gasteiger partial charge in [0.05, 0.1) is 5.69 Å². The predicted molar refractivity (Wildman–Crippen MR) is 166 cm³/mol. The lowest BCUT2D eigenvalue weighted by Crippen LogP contribution is -2.10. The zero-order chi connectivity index (χ0) is 26.9. The van der Waals surface area contributed by atoms with E-state index < -0.39 is 0 Å². The monoisotopic (exact) mass is 526 g/mol. The van der Waals surface area contributed by atoms with Gasteiger partial charge < -0.3 is 13.7 Å². The molecule has 8 aromatic rings. The summed E-state index contributed by atoms with van der Waals surface area (Å²) in [6.45, 7) is 0. The molecule has 0 bridgehead atoms. The minimum absolute atomic E-state index is 0.635. The quantitative estimate of drug-likeness (QED) is 0.229. The summed E-state index contributed by atoms with van der Waals surface area (Å²) < 4.78 is 13.0. The molecule has 0 saturated heterocycles.